The summed E-state index contributed by atoms with van der Waals surface area (Å²) in [4.78, 5) is 0. The van der Waals surface area contributed by atoms with Crippen molar-refractivity contribution in [2.45, 2.75) is 25.1 Å². The van der Waals surface area contributed by atoms with Crippen LogP contribution in [0.3, 0.4) is 0 Å². The Morgan fingerprint density at radius 3 is 3.07 bits per heavy atom. The van der Waals surface area contributed by atoms with Gasteiger partial charge in [-0.3, -0.25) is 0 Å². The third-order valence-corrected chi connectivity index (χ3v) is 3.16. The molecule has 0 aliphatic rings. The van der Waals surface area contributed by atoms with Crippen LogP contribution in [0.15, 0.2) is 22.8 Å². The Morgan fingerprint density at radius 2 is 2.47 bits per heavy atom. The number of furan rings is 1. The molecule has 0 aliphatic carbocycles. The number of hydrogen-bond donors (Lipinski definition) is 2. The van der Waals surface area contributed by atoms with Gasteiger partial charge in [0.25, 0.3) is 0 Å². The number of aliphatic hydroxyl groups is 1. The van der Waals surface area contributed by atoms with Crippen LogP contribution < -0.4 is 5.32 Å². The Kier molecular flexibility index (Phi) is 6.55. The summed E-state index contributed by atoms with van der Waals surface area (Å²) in [6, 6.07) is 4.13. The quantitative estimate of drug-likeness (QED) is 0.668. The Bertz CT molecular complexity index is 239. The zero-order chi connectivity index (χ0) is 10.9. The highest BCUT2D eigenvalue weighted by molar-refractivity contribution is 7.98. The van der Waals surface area contributed by atoms with Gasteiger partial charge >= 0.3 is 0 Å². The molecule has 1 unspecified atom stereocenters. The van der Waals surface area contributed by atoms with Crippen LogP contribution in [0.25, 0.3) is 0 Å². The van der Waals surface area contributed by atoms with Crippen molar-refractivity contribution in [1.29, 1.82) is 0 Å². The molecule has 2 N–H and O–H groups in total. The first kappa shape index (κ1) is 12.6. The molecular formula is C11H19NO2S. The molecule has 0 fully saturated rings. The summed E-state index contributed by atoms with van der Waals surface area (Å²) in [5.41, 5.74) is 0. The van der Waals surface area contributed by atoms with Crippen LogP contribution in [-0.4, -0.2) is 30.1 Å². The molecular weight excluding hydrogens is 210 g/mol. The highest BCUT2D eigenvalue weighted by Gasteiger charge is 2.05. The SMILES string of the molecule is CCNC(CO)CCSCc1ccco1. The number of rotatable bonds is 8. The Labute approximate surface area is 95.2 Å². The van der Waals surface area contributed by atoms with E-state index in [2.05, 4.69) is 12.2 Å². The van der Waals surface area contributed by atoms with Crippen LogP contribution in [0.5, 0.6) is 0 Å². The van der Waals surface area contributed by atoms with Crippen molar-refractivity contribution in [2.24, 2.45) is 0 Å². The Morgan fingerprint density at radius 1 is 1.60 bits per heavy atom. The molecule has 0 amide bonds. The third kappa shape index (κ3) is 5.25. The van der Waals surface area contributed by atoms with E-state index in [4.69, 9.17) is 9.52 Å². The van der Waals surface area contributed by atoms with E-state index in [-0.39, 0.29) is 12.6 Å². The van der Waals surface area contributed by atoms with Crippen molar-refractivity contribution < 1.29 is 9.52 Å². The summed E-state index contributed by atoms with van der Waals surface area (Å²) in [5.74, 6) is 2.97. The second-order valence-corrected chi connectivity index (χ2v) is 4.46. The molecule has 0 aromatic carbocycles. The van der Waals surface area contributed by atoms with Crippen molar-refractivity contribution in [3.05, 3.63) is 24.2 Å². The first-order valence-electron chi connectivity index (χ1n) is 5.31. The van der Waals surface area contributed by atoms with Crippen molar-refractivity contribution in [1.82, 2.24) is 5.32 Å². The lowest BCUT2D eigenvalue weighted by molar-refractivity contribution is 0.242. The number of nitrogens with one attached hydrogen (secondary N) is 1. The molecule has 0 saturated carbocycles. The van der Waals surface area contributed by atoms with Gasteiger partial charge in [-0.05, 0) is 30.9 Å². The zero-order valence-corrected chi connectivity index (χ0v) is 9.93. The Hall–Kier alpha value is -0.450. The summed E-state index contributed by atoms with van der Waals surface area (Å²) in [6.07, 6.45) is 2.70. The summed E-state index contributed by atoms with van der Waals surface area (Å²) >= 11 is 1.84. The summed E-state index contributed by atoms with van der Waals surface area (Å²) in [6.45, 7) is 3.18. The van der Waals surface area contributed by atoms with E-state index in [1.165, 1.54) is 0 Å². The minimum Gasteiger partial charge on any atom is -0.468 e. The van der Waals surface area contributed by atoms with E-state index in [1.807, 2.05) is 23.9 Å². The van der Waals surface area contributed by atoms with Crippen molar-refractivity contribution in [3.8, 4) is 0 Å². The van der Waals surface area contributed by atoms with Crippen LogP contribution in [0.2, 0.25) is 0 Å². The van der Waals surface area contributed by atoms with Crippen LogP contribution in [-0.2, 0) is 5.75 Å². The Balaban J connectivity index is 2.05. The molecule has 0 spiro atoms. The lowest BCUT2D eigenvalue weighted by atomic mass is 10.2. The molecule has 0 saturated heterocycles. The minimum atomic E-state index is 0.217. The first-order chi connectivity index (χ1) is 7.36. The monoisotopic (exact) mass is 229 g/mol. The fourth-order valence-electron chi connectivity index (χ4n) is 1.34. The predicted octanol–water partition coefficient (Wildman–Crippen LogP) is 1.87. The lowest BCUT2D eigenvalue weighted by Gasteiger charge is -2.13. The molecule has 0 aliphatic heterocycles. The van der Waals surface area contributed by atoms with Crippen LogP contribution in [0.1, 0.15) is 19.1 Å². The van der Waals surface area contributed by atoms with Crippen LogP contribution in [0, 0.1) is 0 Å². The van der Waals surface area contributed by atoms with Gasteiger partial charge < -0.3 is 14.8 Å². The maximum atomic E-state index is 9.05. The molecule has 15 heavy (non-hydrogen) atoms. The average molecular weight is 229 g/mol. The van der Waals surface area contributed by atoms with E-state index in [1.54, 1.807) is 6.26 Å². The fourth-order valence-corrected chi connectivity index (χ4v) is 2.30. The van der Waals surface area contributed by atoms with Gasteiger partial charge in [-0.25, -0.2) is 0 Å². The molecule has 3 nitrogen and oxygen atoms in total. The van der Waals surface area contributed by atoms with Crippen molar-refractivity contribution >= 4 is 11.8 Å². The highest BCUT2D eigenvalue weighted by atomic mass is 32.2. The van der Waals surface area contributed by atoms with Gasteiger partial charge in [-0.1, -0.05) is 6.92 Å². The zero-order valence-electron chi connectivity index (χ0n) is 9.11. The van der Waals surface area contributed by atoms with E-state index in [0.29, 0.717) is 0 Å². The third-order valence-electron chi connectivity index (χ3n) is 2.15. The maximum Gasteiger partial charge on any atom is 0.113 e. The van der Waals surface area contributed by atoms with Crippen molar-refractivity contribution in [3.63, 3.8) is 0 Å². The largest absolute Gasteiger partial charge is 0.468 e. The smallest absolute Gasteiger partial charge is 0.113 e. The molecule has 4 heteroatoms. The van der Waals surface area contributed by atoms with E-state index in [9.17, 15) is 0 Å². The van der Waals surface area contributed by atoms with Crippen molar-refractivity contribution in [2.75, 3.05) is 18.9 Å². The average Bonchev–Trinajstić information content (AvgIpc) is 2.75. The summed E-state index contributed by atoms with van der Waals surface area (Å²) in [5, 5.41) is 12.3. The topological polar surface area (TPSA) is 45.4 Å². The van der Waals surface area contributed by atoms with Gasteiger partial charge in [0, 0.05) is 6.04 Å². The van der Waals surface area contributed by atoms with E-state index >= 15 is 0 Å². The second-order valence-electron chi connectivity index (χ2n) is 3.36. The van der Waals surface area contributed by atoms with Gasteiger partial charge in [0.05, 0.1) is 18.6 Å². The fraction of sp³-hybridized carbons (Fsp3) is 0.636. The molecule has 86 valence electrons. The summed E-state index contributed by atoms with van der Waals surface area (Å²) in [7, 11) is 0. The highest BCUT2D eigenvalue weighted by Crippen LogP contribution is 2.13. The molecule has 0 radical (unpaired) electrons. The molecule has 1 rings (SSSR count). The summed E-state index contributed by atoms with van der Waals surface area (Å²) < 4.78 is 5.23. The molecule has 1 aromatic heterocycles. The standard InChI is InChI=1S/C11H19NO2S/c1-2-12-10(8-13)5-7-15-9-11-4-3-6-14-11/h3-4,6,10,12-13H,2,5,7-9H2,1H3. The molecule has 0 bridgehead atoms. The normalized spacial score (nSPS) is 12.9. The van der Waals surface area contributed by atoms with E-state index < -0.39 is 0 Å². The van der Waals surface area contributed by atoms with Gasteiger partial charge in [0.15, 0.2) is 0 Å². The number of likely N-dealkylation sites (N-methyl/N-ethyl adjacent to an activating group) is 1. The second kappa shape index (κ2) is 7.79. The predicted molar refractivity (Wildman–Crippen MR) is 64.0 cm³/mol. The van der Waals surface area contributed by atoms with Gasteiger partial charge in [0.1, 0.15) is 5.76 Å². The first-order valence-corrected chi connectivity index (χ1v) is 6.46. The number of hydrogen-bond acceptors (Lipinski definition) is 4. The molecule has 1 aromatic rings. The number of thioether (sulfide) groups is 1. The molecule has 1 heterocycles. The maximum absolute atomic E-state index is 9.05. The van der Waals surface area contributed by atoms with E-state index in [0.717, 1.165) is 30.2 Å². The van der Waals surface area contributed by atoms with Gasteiger partial charge in [-0.15, -0.1) is 0 Å². The van der Waals surface area contributed by atoms with Gasteiger partial charge in [0.2, 0.25) is 0 Å². The number of aliphatic hydroxyl groups excluding tert-OH is 1. The van der Waals surface area contributed by atoms with Crippen LogP contribution in [0.4, 0.5) is 0 Å². The molecule has 1 atom stereocenters. The lowest BCUT2D eigenvalue weighted by Crippen LogP contribution is -2.32. The van der Waals surface area contributed by atoms with Gasteiger partial charge in [-0.2, -0.15) is 11.8 Å². The minimum absolute atomic E-state index is 0.217. The van der Waals surface area contributed by atoms with Crippen LogP contribution >= 0.6 is 11.8 Å².